The zero-order valence-corrected chi connectivity index (χ0v) is 18.0. The molecule has 0 aliphatic carbocycles. The van der Waals surface area contributed by atoms with E-state index in [-0.39, 0.29) is 23.8 Å². The number of ether oxygens (including phenoxy) is 2. The predicted octanol–water partition coefficient (Wildman–Crippen LogP) is 5.72. The van der Waals surface area contributed by atoms with Crippen molar-refractivity contribution in [3.8, 4) is 0 Å². The minimum absolute atomic E-state index is 0.214. The van der Waals surface area contributed by atoms with Crippen LogP contribution in [0.2, 0.25) is 0 Å². The van der Waals surface area contributed by atoms with Gasteiger partial charge in [-0.15, -0.1) is 0 Å². The Labute approximate surface area is 164 Å². The Kier molecular flexibility index (Phi) is 6.90. The lowest BCUT2D eigenvalue weighted by molar-refractivity contribution is -0.0762. The fourth-order valence-electron chi connectivity index (χ4n) is 3.18. The van der Waals surface area contributed by atoms with Gasteiger partial charge < -0.3 is 9.47 Å². The van der Waals surface area contributed by atoms with E-state index in [4.69, 9.17) is 9.47 Å². The van der Waals surface area contributed by atoms with Crippen LogP contribution in [-0.2, 0) is 15.9 Å². The van der Waals surface area contributed by atoms with Crippen LogP contribution in [0.1, 0.15) is 79.7 Å². The minimum Gasteiger partial charge on any atom is -0.443 e. The normalized spacial score (nSPS) is 17.3. The van der Waals surface area contributed by atoms with Crippen LogP contribution < -0.4 is 4.90 Å². The van der Waals surface area contributed by atoms with Crippen LogP contribution in [0.5, 0.6) is 0 Å². The van der Waals surface area contributed by atoms with E-state index < -0.39 is 5.60 Å². The molecule has 2 rings (SSSR count). The van der Waals surface area contributed by atoms with Crippen LogP contribution in [0.4, 0.5) is 10.5 Å². The van der Waals surface area contributed by atoms with Crippen LogP contribution in [0, 0.1) is 5.92 Å². The number of aromatic nitrogens is 1. The van der Waals surface area contributed by atoms with Crippen molar-refractivity contribution < 1.29 is 14.3 Å². The maximum Gasteiger partial charge on any atom is 0.416 e. The Bertz CT molecular complexity index is 640. The number of hydrogen-bond donors (Lipinski definition) is 0. The molecule has 1 aromatic rings. The highest BCUT2D eigenvalue weighted by Crippen LogP contribution is 2.36. The summed E-state index contributed by atoms with van der Waals surface area (Å²) < 4.78 is 12.3. The number of amides is 1. The lowest BCUT2D eigenvalue weighted by atomic mass is 9.95. The molecular weight excluding hydrogens is 340 g/mol. The van der Waals surface area contributed by atoms with Gasteiger partial charge in [0.15, 0.2) is 0 Å². The molecule has 152 valence electrons. The van der Waals surface area contributed by atoms with Crippen molar-refractivity contribution in [3.05, 3.63) is 24.0 Å². The molecule has 0 radical (unpaired) electrons. The second-order valence-electron chi connectivity index (χ2n) is 8.99. The van der Waals surface area contributed by atoms with Crippen molar-refractivity contribution in [1.82, 2.24) is 4.98 Å². The molecule has 1 unspecified atom stereocenters. The fraction of sp³-hybridized carbons (Fsp3) is 0.727. The van der Waals surface area contributed by atoms with Gasteiger partial charge in [0.05, 0.1) is 11.3 Å². The van der Waals surface area contributed by atoms with Crippen molar-refractivity contribution in [2.75, 3.05) is 4.90 Å². The summed E-state index contributed by atoms with van der Waals surface area (Å²) in [5.74, 6) is 0.214. The standard InChI is InChI=1S/C22H36N2O3/c1-8-9-10-12-21(4,5)26-19-14-17-15-23-13-11-18(17)24(19)20(25)27-22(6,7)16(2)3/h11,13,15-16,19H,8-10,12,14H2,1-7H3. The van der Waals surface area contributed by atoms with E-state index in [1.54, 1.807) is 11.1 Å². The first-order valence-electron chi connectivity index (χ1n) is 10.2. The zero-order valence-electron chi connectivity index (χ0n) is 18.0. The van der Waals surface area contributed by atoms with Crippen molar-refractivity contribution in [3.63, 3.8) is 0 Å². The highest BCUT2D eigenvalue weighted by molar-refractivity contribution is 5.91. The summed E-state index contributed by atoms with van der Waals surface area (Å²) in [5, 5.41) is 0. The first-order valence-corrected chi connectivity index (χ1v) is 10.2. The zero-order chi connectivity index (χ0) is 20.2. The van der Waals surface area contributed by atoms with Gasteiger partial charge in [0.25, 0.3) is 0 Å². The maximum atomic E-state index is 13.1. The van der Waals surface area contributed by atoms with E-state index in [1.807, 2.05) is 26.1 Å². The van der Waals surface area contributed by atoms with Crippen LogP contribution >= 0.6 is 0 Å². The topological polar surface area (TPSA) is 51.7 Å². The molecule has 0 saturated heterocycles. The van der Waals surface area contributed by atoms with Gasteiger partial charge >= 0.3 is 6.09 Å². The number of carbonyl (C=O) groups is 1. The van der Waals surface area contributed by atoms with E-state index >= 15 is 0 Å². The number of hydrogen-bond acceptors (Lipinski definition) is 4. The van der Waals surface area contributed by atoms with E-state index in [0.29, 0.717) is 6.42 Å². The van der Waals surface area contributed by atoms with Gasteiger partial charge in [0.1, 0.15) is 11.8 Å². The molecule has 27 heavy (non-hydrogen) atoms. The molecule has 2 heterocycles. The van der Waals surface area contributed by atoms with Crippen LogP contribution in [0.25, 0.3) is 0 Å². The molecular formula is C22H36N2O3. The van der Waals surface area contributed by atoms with Crippen LogP contribution in [-0.4, -0.2) is 28.5 Å². The van der Waals surface area contributed by atoms with Crippen molar-refractivity contribution in [2.24, 2.45) is 5.92 Å². The van der Waals surface area contributed by atoms with Crippen molar-refractivity contribution >= 4 is 11.8 Å². The van der Waals surface area contributed by atoms with Gasteiger partial charge in [-0.2, -0.15) is 0 Å². The molecule has 5 nitrogen and oxygen atoms in total. The van der Waals surface area contributed by atoms with Crippen molar-refractivity contribution in [2.45, 2.75) is 98.0 Å². The van der Waals surface area contributed by atoms with Gasteiger partial charge in [-0.05, 0) is 51.7 Å². The quantitative estimate of drug-likeness (QED) is 0.545. The molecule has 0 N–H and O–H groups in total. The molecule has 0 saturated carbocycles. The molecule has 1 aliphatic rings. The average molecular weight is 377 g/mol. The Morgan fingerprint density at radius 3 is 2.63 bits per heavy atom. The highest BCUT2D eigenvalue weighted by atomic mass is 16.6. The van der Waals surface area contributed by atoms with Crippen LogP contribution in [0.3, 0.4) is 0 Å². The molecule has 1 aromatic heterocycles. The number of nitrogens with zero attached hydrogens (tertiary/aromatic N) is 2. The Balaban J connectivity index is 2.20. The number of pyridine rings is 1. The fourth-order valence-corrected chi connectivity index (χ4v) is 3.18. The maximum absolute atomic E-state index is 13.1. The van der Waals surface area contributed by atoms with Gasteiger partial charge in [-0.3, -0.25) is 9.88 Å². The smallest absolute Gasteiger partial charge is 0.416 e. The molecule has 0 aromatic carbocycles. The molecule has 5 heteroatoms. The summed E-state index contributed by atoms with van der Waals surface area (Å²) >= 11 is 0. The Morgan fingerprint density at radius 2 is 2.00 bits per heavy atom. The molecule has 1 aliphatic heterocycles. The third-order valence-electron chi connectivity index (χ3n) is 5.59. The average Bonchev–Trinajstić information content (AvgIpc) is 2.91. The first-order chi connectivity index (χ1) is 12.6. The lowest BCUT2D eigenvalue weighted by Gasteiger charge is -2.36. The van der Waals surface area contributed by atoms with Gasteiger partial charge in [-0.25, -0.2) is 4.79 Å². The van der Waals surface area contributed by atoms with Gasteiger partial charge in [0, 0.05) is 18.8 Å². The number of fused-ring (bicyclic) bond motifs is 1. The number of rotatable bonds is 8. The second-order valence-corrected chi connectivity index (χ2v) is 8.99. The first kappa shape index (κ1) is 21.7. The van der Waals surface area contributed by atoms with E-state index in [0.717, 1.165) is 24.1 Å². The number of anilines is 1. The molecule has 0 spiro atoms. The highest BCUT2D eigenvalue weighted by Gasteiger charge is 2.41. The number of carbonyl (C=O) groups excluding carboxylic acids is 1. The van der Waals surface area contributed by atoms with E-state index in [9.17, 15) is 4.79 Å². The predicted molar refractivity (Wildman–Crippen MR) is 109 cm³/mol. The largest absolute Gasteiger partial charge is 0.443 e. The SMILES string of the molecule is CCCCCC(C)(C)OC1Cc2cnccc2N1C(=O)OC(C)(C)C(C)C. The third-order valence-corrected chi connectivity index (χ3v) is 5.59. The Morgan fingerprint density at radius 1 is 1.30 bits per heavy atom. The van der Waals surface area contributed by atoms with E-state index in [2.05, 4.69) is 39.6 Å². The number of unbranched alkanes of at least 4 members (excludes halogenated alkanes) is 2. The molecule has 0 bridgehead atoms. The van der Waals surface area contributed by atoms with Gasteiger partial charge in [-0.1, -0.05) is 40.0 Å². The summed E-state index contributed by atoms with van der Waals surface area (Å²) in [6.45, 7) is 14.4. The Hall–Kier alpha value is -1.62. The summed E-state index contributed by atoms with van der Waals surface area (Å²) in [7, 11) is 0. The second kappa shape index (κ2) is 8.59. The molecule has 1 atom stereocenters. The molecule has 0 fully saturated rings. The summed E-state index contributed by atoms with van der Waals surface area (Å²) in [4.78, 5) is 19.0. The lowest BCUT2D eigenvalue weighted by Crippen LogP contribution is -2.47. The molecule has 1 amide bonds. The van der Waals surface area contributed by atoms with Crippen molar-refractivity contribution in [1.29, 1.82) is 0 Å². The van der Waals surface area contributed by atoms with Crippen LogP contribution in [0.15, 0.2) is 18.5 Å². The summed E-state index contributed by atoms with van der Waals surface area (Å²) in [6, 6.07) is 1.87. The van der Waals surface area contributed by atoms with Gasteiger partial charge in [0.2, 0.25) is 0 Å². The summed E-state index contributed by atoms with van der Waals surface area (Å²) in [6.07, 6.45) is 7.90. The van der Waals surface area contributed by atoms with E-state index in [1.165, 1.54) is 12.8 Å². The third kappa shape index (κ3) is 5.44. The minimum atomic E-state index is -0.548. The monoisotopic (exact) mass is 376 g/mol. The summed E-state index contributed by atoms with van der Waals surface area (Å²) in [5.41, 5.74) is 1.00.